The van der Waals surface area contributed by atoms with Crippen LogP contribution in [0.25, 0.3) is 0 Å². The topological polar surface area (TPSA) is 85.7 Å². The summed E-state index contributed by atoms with van der Waals surface area (Å²) in [5.41, 5.74) is 13.8. The van der Waals surface area contributed by atoms with Crippen molar-refractivity contribution in [3.05, 3.63) is 119 Å². The summed E-state index contributed by atoms with van der Waals surface area (Å²) in [6.45, 7) is 6.64. The van der Waals surface area contributed by atoms with Crippen LogP contribution < -0.4 is 10.6 Å². The maximum absolute atomic E-state index is 12.6. The molecule has 1 aliphatic rings. The molecule has 3 atom stereocenters. The summed E-state index contributed by atoms with van der Waals surface area (Å²) in [7, 11) is 3.61. The Bertz CT molecular complexity index is 1410. The number of carbonyl (C=O) groups excluding carboxylic acids is 1. The number of hydrogen-bond donors (Lipinski definition) is 1. The molecule has 0 spiro atoms. The van der Waals surface area contributed by atoms with Gasteiger partial charge in [-0.2, -0.15) is 5.26 Å². The van der Waals surface area contributed by atoms with Crippen LogP contribution in [0.2, 0.25) is 0 Å². The average molecular weight is 504 g/mol. The van der Waals surface area contributed by atoms with E-state index in [1.165, 1.54) is 5.56 Å². The van der Waals surface area contributed by atoms with Crippen LogP contribution in [0.5, 0.6) is 0 Å². The van der Waals surface area contributed by atoms with Crippen LogP contribution >= 0.6 is 0 Å². The normalized spacial score (nSPS) is 17.7. The van der Waals surface area contributed by atoms with Crippen LogP contribution in [0.15, 0.2) is 102 Å². The second-order valence-corrected chi connectivity index (χ2v) is 9.96. The van der Waals surface area contributed by atoms with Gasteiger partial charge in [0.2, 0.25) is 0 Å². The lowest BCUT2D eigenvalue weighted by atomic mass is 9.76. The van der Waals surface area contributed by atoms with Crippen molar-refractivity contribution in [2.24, 2.45) is 10.7 Å². The fourth-order valence-electron chi connectivity index (χ4n) is 5.07. The molecule has 0 bridgehead atoms. The first-order valence-corrected chi connectivity index (χ1v) is 12.6. The van der Waals surface area contributed by atoms with Gasteiger partial charge in [-0.05, 0) is 47.9 Å². The summed E-state index contributed by atoms with van der Waals surface area (Å²) < 4.78 is 0. The summed E-state index contributed by atoms with van der Waals surface area (Å²) in [6.07, 6.45) is 1.79. The number of nitriles is 1. The van der Waals surface area contributed by atoms with Crippen molar-refractivity contribution in [2.45, 2.75) is 30.7 Å². The number of nitrogens with two attached hydrogens (primary N) is 1. The predicted octanol–water partition coefficient (Wildman–Crippen LogP) is 5.30. The molecule has 3 unspecified atom stereocenters. The molecule has 0 radical (unpaired) electrons. The highest BCUT2D eigenvalue weighted by molar-refractivity contribution is 5.79. The molecule has 0 amide bonds. The zero-order valence-corrected chi connectivity index (χ0v) is 22.1. The van der Waals surface area contributed by atoms with Crippen LogP contribution in [-0.4, -0.2) is 37.8 Å². The Morgan fingerprint density at radius 3 is 2.47 bits per heavy atom. The van der Waals surface area contributed by atoms with E-state index in [0.29, 0.717) is 17.4 Å². The van der Waals surface area contributed by atoms with Crippen molar-refractivity contribution in [3.8, 4) is 6.07 Å². The summed E-state index contributed by atoms with van der Waals surface area (Å²) in [5.74, 6) is 0.0269. The van der Waals surface area contributed by atoms with Gasteiger partial charge in [-0.15, -0.1) is 5.73 Å². The molecule has 1 saturated heterocycles. The second-order valence-electron chi connectivity index (χ2n) is 9.96. The van der Waals surface area contributed by atoms with Crippen LogP contribution in [-0.2, 0) is 10.3 Å². The molecule has 0 saturated carbocycles. The molecule has 192 valence electrons. The number of nitrogens with zero attached hydrogens (tertiary/aromatic N) is 4. The molecule has 38 heavy (non-hydrogen) atoms. The number of benzene rings is 3. The molecule has 0 aliphatic carbocycles. The molecule has 4 rings (SSSR count). The van der Waals surface area contributed by atoms with E-state index < -0.39 is 11.5 Å². The van der Waals surface area contributed by atoms with E-state index in [2.05, 4.69) is 47.5 Å². The zero-order valence-electron chi connectivity index (χ0n) is 22.1. The van der Waals surface area contributed by atoms with Gasteiger partial charge in [0, 0.05) is 38.7 Å². The van der Waals surface area contributed by atoms with Gasteiger partial charge < -0.3 is 20.3 Å². The third kappa shape index (κ3) is 5.25. The monoisotopic (exact) mass is 503 g/mol. The van der Waals surface area contributed by atoms with Gasteiger partial charge in [0.25, 0.3) is 0 Å². The van der Waals surface area contributed by atoms with Gasteiger partial charge in [-0.3, -0.25) is 0 Å². The van der Waals surface area contributed by atoms with Gasteiger partial charge in [0.15, 0.2) is 5.96 Å². The van der Waals surface area contributed by atoms with Crippen molar-refractivity contribution < 1.29 is 4.79 Å². The first-order chi connectivity index (χ1) is 18.3. The van der Waals surface area contributed by atoms with Crippen LogP contribution in [0.3, 0.4) is 0 Å². The zero-order chi connectivity index (χ0) is 27.3. The highest BCUT2D eigenvalue weighted by Gasteiger charge is 2.38. The molecule has 3 aromatic carbocycles. The highest BCUT2D eigenvalue weighted by atomic mass is 16.1. The molecule has 3 aromatic rings. The predicted molar refractivity (Wildman–Crippen MR) is 153 cm³/mol. The smallest absolute Gasteiger partial charge is 0.191 e. The van der Waals surface area contributed by atoms with Gasteiger partial charge in [0.1, 0.15) is 11.8 Å². The Morgan fingerprint density at radius 2 is 1.87 bits per heavy atom. The lowest BCUT2D eigenvalue weighted by Crippen LogP contribution is -2.37. The Kier molecular flexibility index (Phi) is 7.81. The fourth-order valence-corrected chi connectivity index (χ4v) is 5.07. The quantitative estimate of drug-likeness (QED) is 0.205. The van der Waals surface area contributed by atoms with Gasteiger partial charge >= 0.3 is 0 Å². The molecule has 1 fully saturated rings. The van der Waals surface area contributed by atoms with Gasteiger partial charge in [0.05, 0.1) is 23.2 Å². The fraction of sp³-hybridized carbons (Fsp3) is 0.250. The van der Waals surface area contributed by atoms with E-state index in [-0.39, 0.29) is 0 Å². The van der Waals surface area contributed by atoms with E-state index in [9.17, 15) is 10.1 Å². The van der Waals surface area contributed by atoms with E-state index in [4.69, 9.17) is 10.7 Å². The third-order valence-corrected chi connectivity index (χ3v) is 7.33. The molecule has 6 heteroatoms. The number of anilines is 1. The first kappa shape index (κ1) is 26.5. The minimum absolute atomic E-state index is 0.295. The lowest BCUT2D eigenvalue weighted by Gasteiger charge is -2.33. The van der Waals surface area contributed by atoms with Crippen molar-refractivity contribution in [1.82, 2.24) is 4.90 Å². The molecule has 6 nitrogen and oxygen atoms in total. The summed E-state index contributed by atoms with van der Waals surface area (Å²) in [4.78, 5) is 21.4. The maximum Gasteiger partial charge on any atom is 0.191 e. The summed E-state index contributed by atoms with van der Waals surface area (Å²) in [6, 6.07) is 27.9. The average Bonchev–Trinajstić information content (AvgIpc) is 3.39. The van der Waals surface area contributed by atoms with E-state index in [1.54, 1.807) is 37.2 Å². The number of aldehydes is 1. The standard InChI is InChI=1S/C32H33N5O/c1-5-28-19-26(24-11-7-6-8-12-24)21-37(28)29-16-14-25(15-17-29)30(22-38)32(2,35-31(34)36(3)4)27-13-9-10-23(18-27)20-33/h6-18,22,26,30H,1,19,21H2,2-4H3,(H2,34,35). The van der Waals surface area contributed by atoms with Crippen LogP contribution in [0, 0.1) is 11.3 Å². The number of carbonyl (C=O) groups is 1. The number of rotatable bonds is 7. The minimum atomic E-state index is -1.03. The third-order valence-electron chi connectivity index (χ3n) is 7.33. The van der Waals surface area contributed by atoms with Crippen LogP contribution in [0.4, 0.5) is 5.69 Å². The van der Waals surface area contributed by atoms with E-state index >= 15 is 0 Å². The highest BCUT2D eigenvalue weighted by Crippen LogP contribution is 2.41. The first-order valence-electron chi connectivity index (χ1n) is 12.6. The lowest BCUT2D eigenvalue weighted by molar-refractivity contribution is -0.110. The van der Waals surface area contributed by atoms with Crippen molar-refractivity contribution in [2.75, 3.05) is 25.5 Å². The van der Waals surface area contributed by atoms with Crippen molar-refractivity contribution in [1.29, 1.82) is 5.26 Å². The minimum Gasteiger partial charge on any atom is -0.370 e. The largest absolute Gasteiger partial charge is 0.370 e. The maximum atomic E-state index is 12.6. The molecular formula is C32H33N5O. The molecule has 1 heterocycles. The number of guanidine groups is 1. The SMILES string of the molecule is C=C=C1CC(c2ccccc2)CN1c1ccc(C(C=O)C(C)(N=C(N)N(C)C)c2cccc(C#N)c2)cc1. The Balaban J connectivity index is 1.70. The number of aliphatic imine (C=N–C) groups is 1. The Hall–Kier alpha value is -4.59. The molecular weight excluding hydrogens is 470 g/mol. The number of hydrogen-bond acceptors (Lipinski definition) is 4. The number of allylic oxidation sites excluding steroid dienone is 1. The van der Waals surface area contributed by atoms with Crippen molar-refractivity contribution in [3.63, 3.8) is 0 Å². The molecule has 2 N–H and O–H groups in total. The van der Waals surface area contributed by atoms with Gasteiger partial charge in [-0.1, -0.05) is 61.2 Å². The second kappa shape index (κ2) is 11.2. The van der Waals surface area contributed by atoms with E-state index in [0.717, 1.165) is 41.8 Å². The summed E-state index contributed by atoms with van der Waals surface area (Å²) in [5, 5.41) is 9.47. The molecule has 1 aliphatic heterocycles. The Labute approximate surface area is 225 Å². The van der Waals surface area contributed by atoms with Crippen LogP contribution in [0.1, 0.15) is 47.4 Å². The Morgan fingerprint density at radius 1 is 1.16 bits per heavy atom. The van der Waals surface area contributed by atoms with Crippen molar-refractivity contribution >= 4 is 17.9 Å². The molecule has 0 aromatic heterocycles. The summed E-state index contributed by atoms with van der Waals surface area (Å²) >= 11 is 0. The van der Waals surface area contributed by atoms with Gasteiger partial charge in [-0.25, -0.2) is 4.99 Å². The van der Waals surface area contributed by atoms with E-state index in [1.807, 2.05) is 43.3 Å².